The van der Waals surface area contributed by atoms with Crippen LogP contribution in [0.5, 0.6) is 0 Å². The van der Waals surface area contributed by atoms with E-state index < -0.39 is 0 Å². The topological polar surface area (TPSA) is 66.0 Å². The molecule has 4 nitrogen and oxygen atoms in total. The second kappa shape index (κ2) is 2.92. The summed E-state index contributed by atoms with van der Waals surface area (Å²) < 4.78 is 9.85. The maximum absolute atomic E-state index is 8.44. The van der Waals surface area contributed by atoms with E-state index in [2.05, 4.69) is 0 Å². The highest BCUT2D eigenvalue weighted by Gasteiger charge is 2.51. The van der Waals surface area contributed by atoms with Crippen LogP contribution in [0, 0.1) is 34.4 Å². The molecule has 0 amide bonds. The molecule has 0 heterocycles. The summed E-state index contributed by atoms with van der Waals surface area (Å²) in [5.74, 6) is 0.964. The number of nitriles is 2. The van der Waals surface area contributed by atoms with Gasteiger partial charge in [0.25, 0.3) is 12.5 Å². The lowest BCUT2D eigenvalue weighted by atomic mass is 9.88. The van der Waals surface area contributed by atoms with Crippen LogP contribution in [0.1, 0.15) is 19.8 Å². The molecule has 0 aromatic carbocycles. The summed E-state index contributed by atoms with van der Waals surface area (Å²) >= 11 is 0. The summed E-state index contributed by atoms with van der Waals surface area (Å²) in [6, 6.07) is 0. The molecule has 2 rings (SSSR count). The lowest BCUT2D eigenvalue weighted by molar-refractivity contribution is 0.116. The van der Waals surface area contributed by atoms with E-state index in [1.54, 1.807) is 12.5 Å². The molecule has 72 valence electrons. The number of fused-ring (bicyclic) bond motifs is 2. The van der Waals surface area contributed by atoms with Crippen LogP contribution in [-0.2, 0) is 9.47 Å². The van der Waals surface area contributed by atoms with Gasteiger partial charge in [-0.2, -0.15) is 5.26 Å². The third kappa shape index (κ3) is 1.12. The number of ether oxygens (including phenoxy) is 2. The predicted molar refractivity (Wildman–Crippen MR) is 46.1 cm³/mol. The van der Waals surface area contributed by atoms with Gasteiger partial charge in [-0.1, -0.05) is 6.92 Å². The first kappa shape index (κ1) is 8.90. The van der Waals surface area contributed by atoms with Crippen LogP contribution in [0.4, 0.5) is 0 Å². The third-order valence-corrected chi connectivity index (χ3v) is 3.14. The Hall–Kier alpha value is -1.68. The van der Waals surface area contributed by atoms with Gasteiger partial charge in [-0.25, -0.2) is 0 Å². The maximum Gasteiger partial charge on any atom is 0.291 e. The molecular weight excluding hydrogens is 180 g/mol. The van der Waals surface area contributed by atoms with Gasteiger partial charge >= 0.3 is 0 Å². The van der Waals surface area contributed by atoms with E-state index in [0.29, 0.717) is 0 Å². The molecule has 3 atom stereocenters. The minimum absolute atomic E-state index is 0.0314. The van der Waals surface area contributed by atoms with Gasteiger partial charge in [-0.15, -0.1) is 5.26 Å². The first-order valence-electron chi connectivity index (χ1n) is 4.52. The minimum Gasteiger partial charge on any atom is -0.424 e. The zero-order valence-corrected chi connectivity index (χ0v) is 7.86. The fourth-order valence-corrected chi connectivity index (χ4v) is 2.50. The lowest BCUT2D eigenvalue weighted by Crippen LogP contribution is -2.22. The molecular formula is C10H10N2O2. The molecule has 3 unspecified atom stereocenters. The van der Waals surface area contributed by atoms with Crippen LogP contribution >= 0.6 is 0 Å². The van der Waals surface area contributed by atoms with Gasteiger partial charge in [-0.3, -0.25) is 0 Å². The van der Waals surface area contributed by atoms with Gasteiger partial charge in [0.15, 0.2) is 0 Å². The highest BCUT2D eigenvalue weighted by molar-refractivity contribution is 5.24. The van der Waals surface area contributed by atoms with Crippen molar-refractivity contribution in [3.05, 3.63) is 11.8 Å². The van der Waals surface area contributed by atoms with Crippen molar-refractivity contribution >= 4 is 0 Å². The van der Waals surface area contributed by atoms with E-state index in [1.165, 1.54) is 0 Å². The largest absolute Gasteiger partial charge is 0.424 e. The van der Waals surface area contributed by atoms with Crippen molar-refractivity contribution in [3.63, 3.8) is 0 Å². The Morgan fingerprint density at radius 3 is 2.71 bits per heavy atom. The van der Waals surface area contributed by atoms with Crippen molar-refractivity contribution < 1.29 is 9.47 Å². The highest BCUT2D eigenvalue weighted by atomic mass is 16.5. The molecule has 2 bridgehead atoms. The summed E-state index contributed by atoms with van der Waals surface area (Å²) in [7, 11) is 0. The third-order valence-electron chi connectivity index (χ3n) is 3.14. The quantitative estimate of drug-likeness (QED) is 0.621. The average Bonchev–Trinajstić information content (AvgIpc) is 2.59. The minimum atomic E-state index is -0.109. The van der Waals surface area contributed by atoms with Crippen LogP contribution in [0.25, 0.3) is 0 Å². The van der Waals surface area contributed by atoms with E-state index in [4.69, 9.17) is 20.0 Å². The van der Waals surface area contributed by atoms with E-state index in [-0.39, 0.29) is 17.4 Å². The Kier molecular flexibility index (Phi) is 1.86. The van der Waals surface area contributed by atoms with Crippen LogP contribution in [0.3, 0.4) is 0 Å². The number of hydrogen-bond acceptors (Lipinski definition) is 4. The molecule has 0 radical (unpaired) electrons. The Bertz CT molecular complexity index is 363. The monoisotopic (exact) mass is 190 g/mol. The summed E-state index contributed by atoms with van der Waals surface area (Å²) in [5.41, 5.74) is -0.109. The molecule has 0 aliphatic heterocycles. The SMILES string of the molecule is CC12CC(C=C1OC#N)C(OC#N)C2. The smallest absolute Gasteiger partial charge is 0.291 e. The van der Waals surface area contributed by atoms with Gasteiger partial charge in [0.2, 0.25) is 0 Å². The molecule has 1 fully saturated rings. The van der Waals surface area contributed by atoms with Crippen LogP contribution < -0.4 is 0 Å². The molecule has 0 spiro atoms. The Labute approximate surface area is 82.3 Å². The van der Waals surface area contributed by atoms with Crippen molar-refractivity contribution in [3.8, 4) is 12.5 Å². The predicted octanol–water partition coefficient (Wildman–Crippen LogP) is 1.66. The van der Waals surface area contributed by atoms with Crippen molar-refractivity contribution in [1.29, 1.82) is 10.5 Å². The van der Waals surface area contributed by atoms with Gasteiger partial charge in [0, 0.05) is 11.3 Å². The molecule has 0 saturated heterocycles. The molecule has 2 aliphatic rings. The van der Waals surface area contributed by atoms with E-state index in [1.807, 2.05) is 13.0 Å². The Balaban J connectivity index is 2.16. The zero-order chi connectivity index (χ0) is 10.2. The summed E-state index contributed by atoms with van der Waals surface area (Å²) in [6.07, 6.45) is 6.97. The van der Waals surface area contributed by atoms with Crippen molar-refractivity contribution in [2.45, 2.75) is 25.9 Å². The molecule has 4 heteroatoms. The second-order valence-corrected chi connectivity index (χ2v) is 4.10. The van der Waals surface area contributed by atoms with Gasteiger partial charge in [0.05, 0.1) is 0 Å². The standard InChI is InChI=1S/C10H10N2O2/c1-10-3-7(2-9(10)14-6-12)8(4-10)13-5-11/h2,7-8H,3-4H2,1H3. The number of rotatable bonds is 2. The number of nitrogens with zero attached hydrogens (tertiary/aromatic N) is 2. The molecule has 14 heavy (non-hydrogen) atoms. The molecule has 0 aromatic rings. The Morgan fingerprint density at radius 2 is 2.21 bits per heavy atom. The number of hydrogen-bond donors (Lipinski definition) is 0. The van der Waals surface area contributed by atoms with E-state index >= 15 is 0 Å². The van der Waals surface area contributed by atoms with Crippen LogP contribution in [0.2, 0.25) is 0 Å². The molecule has 0 N–H and O–H groups in total. The first-order valence-corrected chi connectivity index (χ1v) is 4.52. The van der Waals surface area contributed by atoms with Gasteiger partial charge in [-0.05, 0) is 18.9 Å². The van der Waals surface area contributed by atoms with E-state index in [0.717, 1.165) is 18.6 Å². The van der Waals surface area contributed by atoms with Gasteiger partial charge in [0.1, 0.15) is 11.9 Å². The summed E-state index contributed by atoms with van der Waals surface area (Å²) in [4.78, 5) is 0. The fraction of sp³-hybridized carbons (Fsp3) is 0.600. The first-order chi connectivity index (χ1) is 6.69. The lowest BCUT2D eigenvalue weighted by Gasteiger charge is -2.24. The van der Waals surface area contributed by atoms with E-state index in [9.17, 15) is 0 Å². The molecule has 0 aromatic heterocycles. The van der Waals surface area contributed by atoms with Crippen molar-refractivity contribution in [2.75, 3.05) is 0 Å². The number of allylic oxidation sites excluding steroid dienone is 1. The van der Waals surface area contributed by atoms with Crippen LogP contribution in [-0.4, -0.2) is 6.10 Å². The second-order valence-electron chi connectivity index (χ2n) is 4.10. The summed E-state index contributed by atoms with van der Waals surface area (Å²) in [6.45, 7) is 2.04. The highest BCUT2D eigenvalue weighted by Crippen LogP contribution is 2.54. The summed E-state index contributed by atoms with van der Waals surface area (Å²) in [5, 5.41) is 16.9. The molecule has 2 aliphatic carbocycles. The van der Waals surface area contributed by atoms with Crippen LogP contribution in [0.15, 0.2) is 11.8 Å². The van der Waals surface area contributed by atoms with Crippen molar-refractivity contribution in [2.24, 2.45) is 11.3 Å². The van der Waals surface area contributed by atoms with Gasteiger partial charge < -0.3 is 9.47 Å². The molecule has 1 saturated carbocycles. The average molecular weight is 190 g/mol. The maximum atomic E-state index is 8.44. The zero-order valence-electron chi connectivity index (χ0n) is 7.86. The Morgan fingerprint density at radius 1 is 1.43 bits per heavy atom. The normalized spacial score (nSPS) is 38.4. The fourth-order valence-electron chi connectivity index (χ4n) is 2.50. The van der Waals surface area contributed by atoms with Crippen molar-refractivity contribution in [1.82, 2.24) is 0 Å².